The minimum absolute atomic E-state index is 0.0346. The number of carboxylic acids is 1. The summed E-state index contributed by atoms with van der Waals surface area (Å²) in [4.78, 5) is 53.5. The maximum Gasteiger partial charge on any atom is 0.326 e. The first-order valence-electron chi connectivity index (χ1n) is 12.7. The minimum atomic E-state index is -1.15. The molecule has 0 aliphatic heterocycles. The normalized spacial score (nSPS) is 14.5. The van der Waals surface area contributed by atoms with Crippen molar-refractivity contribution in [3.63, 3.8) is 0 Å². The van der Waals surface area contributed by atoms with Gasteiger partial charge in [-0.2, -0.15) is 0 Å². The number of aromatic amines is 1. The van der Waals surface area contributed by atoms with Gasteiger partial charge in [0.25, 0.3) is 0 Å². The Kier molecular flexibility index (Phi) is 11.5. The molecule has 0 saturated heterocycles. The molecule has 1 aromatic carbocycles. The molecule has 0 bridgehead atoms. The molecule has 37 heavy (non-hydrogen) atoms. The van der Waals surface area contributed by atoms with Gasteiger partial charge in [0.15, 0.2) is 0 Å². The molecule has 9 N–H and O–H groups in total. The highest BCUT2D eigenvalue weighted by atomic mass is 16.4. The largest absolute Gasteiger partial charge is 0.480 e. The Balaban J connectivity index is 2.16. The Bertz CT molecular complexity index is 1070. The number of para-hydroxylation sites is 1. The number of aliphatic carboxylic acids is 1. The van der Waals surface area contributed by atoms with Crippen LogP contribution in [0.3, 0.4) is 0 Å². The highest BCUT2D eigenvalue weighted by Gasteiger charge is 2.30. The Morgan fingerprint density at radius 1 is 0.946 bits per heavy atom. The number of nitrogens with one attached hydrogen (secondary N) is 4. The first-order valence-corrected chi connectivity index (χ1v) is 12.7. The lowest BCUT2D eigenvalue weighted by molar-refractivity contribution is -0.142. The molecule has 204 valence electrons. The second kappa shape index (κ2) is 14.3. The fourth-order valence-corrected chi connectivity index (χ4v) is 4.02. The Hall–Kier alpha value is -3.44. The number of aromatic nitrogens is 1. The van der Waals surface area contributed by atoms with Crippen LogP contribution in [0.5, 0.6) is 0 Å². The molecule has 0 saturated carbocycles. The van der Waals surface area contributed by atoms with Gasteiger partial charge in [-0.15, -0.1) is 0 Å². The van der Waals surface area contributed by atoms with Crippen molar-refractivity contribution in [1.82, 2.24) is 20.9 Å². The fourth-order valence-electron chi connectivity index (χ4n) is 4.02. The quantitative estimate of drug-likeness (QED) is 0.170. The van der Waals surface area contributed by atoms with Crippen molar-refractivity contribution in [2.24, 2.45) is 17.4 Å². The lowest BCUT2D eigenvalue weighted by Crippen LogP contribution is -2.57. The molecule has 1 heterocycles. The van der Waals surface area contributed by atoms with Crippen LogP contribution in [0.15, 0.2) is 30.5 Å². The number of hydrogen-bond donors (Lipinski definition) is 7. The number of amides is 3. The molecule has 0 aliphatic carbocycles. The molecule has 2 aromatic rings. The molecular weight excluding hydrogens is 476 g/mol. The molecule has 11 nitrogen and oxygen atoms in total. The lowest BCUT2D eigenvalue weighted by Gasteiger charge is -2.24. The van der Waals surface area contributed by atoms with Crippen molar-refractivity contribution in [1.29, 1.82) is 0 Å². The Morgan fingerprint density at radius 2 is 1.62 bits per heavy atom. The fraction of sp³-hybridized carbons (Fsp3) is 0.538. The van der Waals surface area contributed by atoms with E-state index in [2.05, 4.69) is 20.9 Å². The molecular formula is C26H40N6O5. The summed E-state index contributed by atoms with van der Waals surface area (Å²) in [6.07, 6.45) is 3.99. The number of nitrogens with two attached hydrogens (primary N) is 2. The van der Waals surface area contributed by atoms with Crippen LogP contribution in [0, 0.1) is 5.92 Å². The smallest absolute Gasteiger partial charge is 0.326 e. The van der Waals surface area contributed by atoms with E-state index >= 15 is 0 Å². The van der Waals surface area contributed by atoms with Gasteiger partial charge in [-0.3, -0.25) is 14.4 Å². The lowest BCUT2D eigenvalue weighted by atomic mass is 10.0. The van der Waals surface area contributed by atoms with Gasteiger partial charge in [0.2, 0.25) is 17.7 Å². The topological polar surface area (TPSA) is 192 Å². The van der Waals surface area contributed by atoms with Crippen LogP contribution in [-0.4, -0.2) is 64.5 Å². The zero-order valence-corrected chi connectivity index (χ0v) is 21.8. The second-order valence-corrected chi connectivity index (χ2v) is 9.77. The van der Waals surface area contributed by atoms with Crippen LogP contribution in [0.2, 0.25) is 0 Å². The van der Waals surface area contributed by atoms with E-state index in [9.17, 15) is 24.3 Å². The van der Waals surface area contributed by atoms with Gasteiger partial charge >= 0.3 is 5.97 Å². The molecule has 2 rings (SSSR count). The van der Waals surface area contributed by atoms with Gasteiger partial charge in [-0.05, 0) is 50.3 Å². The summed E-state index contributed by atoms with van der Waals surface area (Å²) in [5, 5.41) is 18.3. The second-order valence-electron chi connectivity index (χ2n) is 9.77. The van der Waals surface area contributed by atoms with Crippen LogP contribution in [-0.2, 0) is 25.6 Å². The van der Waals surface area contributed by atoms with Crippen LogP contribution in [0.25, 0.3) is 10.9 Å². The van der Waals surface area contributed by atoms with Gasteiger partial charge in [0.1, 0.15) is 18.1 Å². The van der Waals surface area contributed by atoms with Crippen molar-refractivity contribution in [2.75, 3.05) is 6.54 Å². The number of benzene rings is 1. The summed E-state index contributed by atoms with van der Waals surface area (Å²) in [5.41, 5.74) is 13.0. The summed E-state index contributed by atoms with van der Waals surface area (Å²) in [7, 11) is 0. The highest BCUT2D eigenvalue weighted by molar-refractivity contribution is 5.94. The van der Waals surface area contributed by atoms with Crippen LogP contribution < -0.4 is 27.4 Å². The number of carbonyl (C=O) groups excluding carboxylic acids is 3. The molecule has 1 aromatic heterocycles. The standard InChI is InChI=1S/C26H40N6O5/c1-15(2)12-22(26(36)37)32-25(35)21(13-17-14-29-20-10-5-4-8-18(17)20)31-23(33)16(3)30-24(34)19(28)9-6-7-11-27/h4-5,8,10,14-16,19,21-22,29H,6-7,9,11-13,27-28H2,1-3H3,(H,30,34)(H,31,33)(H,32,35)(H,36,37). The van der Waals surface area contributed by atoms with Crippen LogP contribution in [0.4, 0.5) is 0 Å². The predicted octanol–water partition coefficient (Wildman–Crippen LogP) is 0.772. The van der Waals surface area contributed by atoms with Gasteiger partial charge in [0, 0.05) is 23.5 Å². The van der Waals surface area contributed by atoms with Crippen molar-refractivity contribution in [3.8, 4) is 0 Å². The first kappa shape index (κ1) is 29.8. The predicted molar refractivity (Wildman–Crippen MR) is 141 cm³/mol. The summed E-state index contributed by atoms with van der Waals surface area (Å²) in [6.45, 7) is 5.73. The average Bonchev–Trinajstić information content (AvgIpc) is 3.25. The number of rotatable bonds is 15. The first-order chi connectivity index (χ1) is 17.5. The van der Waals surface area contributed by atoms with E-state index in [1.165, 1.54) is 6.92 Å². The molecule has 0 radical (unpaired) electrons. The molecule has 0 spiro atoms. The maximum atomic E-state index is 13.2. The minimum Gasteiger partial charge on any atom is -0.480 e. The summed E-state index contributed by atoms with van der Waals surface area (Å²) < 4.78 is 0. The van der Waals surface area contributed by atoms with E-state index in [1.54, 1.807) is 6.20 Å². The maximum absolute atomic E-state index is 13.2. The van der Waals surface area contributed by atoms with E-state index in [1.807, 2.05) is 38.1 Å². The number of carbonyl (C=O) groups is 4. The zero-order chi connectivity index (χ0) is 27.5. The van der Waals surface area contributed by atoms with Crippen LogP contribution in [0.1, 0.15) is 52.0 Å². The van der Waals surface area contributed by atoms with E-state index in [0.717, 1.165) is 22.9 Å². The van der Waals surface area contributed by atoms with E-state index < -0.39 is 47.9 Å². The number of unbranched alkanes of at least 4 members (excludes halogenated alkanes) is 1. The van der Waals surface area contributed by atoms with Gasteiger partial charge < -0.3 is 37.5 Å². The molecule has 4 unspecified atom stereocenters. The molecule has 0 fully saturated rings. The summed E-state index contributed by atoms with van der Waals surface area (Å²) in [6, 6.07) is 3.62. The SMILES string of the molecule is CC(C)CC(NC(=O)C(Cc1c[nH]c2ccccc12)NC(=O)C(C)NC(=O)C(N)CCCCN)C(=O)O. The molecule has 4 atom stereocenters. The molecule has 3 amide bonds. The van der Waals surface area contributed by atoms with E-state index in [-0.39, 0.29) is 18.8 Å². The van der Waals surface area contributed by atoms with Crippen molar-refractivity contribution in [2.45, 2.75) is 77.0 Å². The van der Waals surface area contributed by atoms with Gasteiger partial charge in [0.05, 0.1) is 6.04 Å². The molecule has 11 heteroatoms. The third-order valence-corrected chi connectivity index (χ3v) is 6.11. The highest BCUT2D eigenvalue weighted by Crippen LogP contribution is 2.19. The summed E-state index contributed by atoms with van der Waals surface area (Å²) >= 11 is 0. The van der Waals surface area contributed by atoms with E-state index in [0.29, 0.717) is 19.4 Å². The van der Waals surface area contributed by atoms with Crippen molar-refractivity contribution < 1.29 is 24.3 Å². The third kappa shape index (κ3) is 9.18. The zero-order valence-electron chi connectivity index (χ0n) is 21.8. The number of hydrogen-bond acceptors (Lipinski definition) is 6. The number of H-pyrrole nitrogens is 1. The van der Waals surface area contributed by atoms with Gasteiger partial charge in [-0.1, -0.05) is 38.5 Å². The number of carboxylic acid groups (broad SMARTS) is 1. The molecule has 0 aliphatic rings. The van der Waals surface area contributed by atoms with Crippen molar-refractivity contribution >= 4 is 34.6 Å². The monoisotopic (exact) mass is 516 g/mol. The van der Waals surface area contributed by atoms with Gasteiger partial charge in [-0.25, -0.2) is 4.79 Å². The Labute approximate surface area is 217 Å². The van der Waals surface area contributed by atoms with E-state index in [4.69, 9.17) is 11.5 Å². The summed E-state index contributed by atoms with van der Waals surface area (Å²) in [5.74, 6) is -2.79. The average molecular weight is 517 g/mol. The number of fused-ring (bicyclic) bond motifs is 1. The Morgan fingerprint density at radius 3 is 2.27 bits per heavy atom. The third-order valence-electron chi connectivity index (χ3n) is 6.11. The van der Waals surface area contributed by atoms with Crippen molar-refractivity contribution in [3.05, 3.63) is 36.0 Å². The van der Waals surface area contributed by atoms with Crippen LogP contribution >= 0.6 is 0 Å².